The molecule has 4 nitrogen and oxygen atoms in total. The third-order valence-corrected chi connectivity index (χ3v) is 4.90. The third-order valence-electron chi connectivity index (χ3n) is 2.55. The van der Waals surface area contributed by atoms with Crippen molar-refractivity contribution >= 4 is 44.0 Å². The van der Waals surface area contributed by atoms with Gasteiger partial charge < -0.3 is 5.32 Å². The number of nitrogens with one attached hydrogen (secondary N) is 1. The number of carbonyl (C=O) groups is 1. The fraction of sp³-hybridized carbons (Fsp3) is 0.0714. The molecule has 0 aliphatic rings. The van der Waals surface area contributed by atoms with Gasteiger partial charge in [-0.05, 0) is 59.0 Å². The molecule has 0 bridgehead atoms. The predicted molar refractivity (Wildman–Crippen MR) is 86.3 cm³/mol. The van der Waals surface area contributed by atoms with E-state index in [2.05, 4.69) is 27.9 Å². The lowest BCUT2D eigenvalue weighted by Gasteiger charge is -2.06. The van der Waals surface area contributed by atoms with Gasteiger partial charge in [-0.2, -0.15) is 0 Å². The Balaban J connectivity index is 2.06. The molecule has 0 aromatic heterocycles. The van der Waals surface area contributed by atoms with Crippen LogP contribution in [0.5, 0.6) is 0 Å². The summed E-state index contributed by atoms with van der Waals surface area (Å²) in [4.78, 5) is 11.9. The van der Waals surface area contributed by atoms with Crippen LogP contribution >= 0.6 is 22.6 Å². The minimum Gasteiger partial charge on any atom is -0.325 e. The van der Waals surface area contributed by atoms with Crippen molar-refractivity contribution in [2.75, 3.05) is 11.1 Å². The van der Waals surface area contributed by atoms with Crippen molar-refractivity contribution in [3.8, 4) is 0 Å². The highest BCUT2D eigenvalue weighted by atomic mass is 127. The van der Waals surface area contributed by atoms with Crippen molar-refractivity contribution in [2.24, 2.45) is 0 Å². The molecule has 0 heterocycles. The maximum Gasteiger partial charge on any atom is 0.239 e. The summed E-state index contributed by atoms with van der Waals surface area (Å²) in [6.45, 7) is 0. The second kappa shape index (κ2) is 6.36. The van der Waals surface area contributed by atoms with E-state index in [1.165, 1.54) is 12.1 Å². The van der Waals surface area contributed by atoms with Crippen molar-refractivity contribution in [2.45, 2.75) is 4.90 Å². The molecular weight excluding hydrogens is 389 g/mol. The monoisotopic (exact) mass is 401 g/mol. The van der Waals surface area contributed by atoms with Crippen LogP contribution in [0.15, 0.2) is 59.5 Å². The molecular formula is C14H12INO3S. The van der Waals surface area contributed by atoms with Crippen LogP contribution in [-0.2, 0) is 14.6 Å². The summed E-state index contributed by atoms with van der Waals surface area (Å²) in [5, 5.41) is 2.57. The highest BCUT2D eigenvalue weighted by Gasteiger charge is 2.18. The predicted octanol–water partition coefficient (Wildman–Crippen LogP) is 2.70. The first kappa shape index (κ1) is 15.0. The number of carbonyl (C=O) groups excluding carboxylic acids is 1. The molecule has 0 fully saturated rings. The van der Waals surface area contributed by atoms with E-state index in [4.69, 9.17) is 0 Å². The van der Waals surface area contributed by atoms with E-state index in [0.717, 1.165) is 3.57 Å². The summed E-state index contributed by atoms with van der Waals surface area (Å²) < 4.78 is 25.1. The summed E-state index contributed by atoms with van der Waals surface area (Å²) in [5.41, 5.74) is 0.582. The van der Waals surface area contributed by atoms with Gasteiger partial charge in [-0.3, -0.25) is 4.79 Å². The molecule has 0 saturated carbocycles. The average molecular weight is 401 g/mol. The second-order valence-corrected chi connectivity index (χ2v) is 7.36. The van der Waals surface area contributed by atoms with Gasteiger partial charge in [-0.15, -0.1) is 0 Å². The topological polar surface area (TPSA) is 63.2 Å². The van der Waals surface area contributed by atoms with Crippen LogP contribution in [0.2, 0.25) is 0 Å². The molecule has 1 amide bonds. The Morgan fingerprint density at radius 2 is 1.60 bits per heavy atom. The van der Waals surface area contributed by atoms with Crippen LogP contribution < -0.4 is 5.32 Å². The Hall–Kier alpha value is -1.41. The third kappa shape index (κ3) is 4.04. The smallest absolute Gasteiger partial charge is 0.239 e. The van der Waals surface area contributed by atoms with E-state index in [1.54, 1.807) is 30.3 Å². The zero-order valence-corrected chi connectivity index (χ0v) is 13.4. The van der Waals surface area contributed by atoms with E-state index in [9.17, 15) is 13.2 Å². The molecule has 0 atom stereocenters. The van der Waals surface area contributed by atoms with Gasteiger partial charge in [0.05, 0.1) is 4.90 Å². The zero-order chi connectivity index (χ0) is 14.6. The Kier molecular flexibility index (Phi) is 4.77. The van der Waals surface area contributed by atoms with Crippen molar-refractivity contribution in [3.05, 3.63) is 58.2 Å². The maximum atomic E-state index is 12.0. The summed E-state index contributed by atoms with van der Waals surface area (Å²) in [6, 6.07) is 15.1. The molecule has 0 saturated heterocycles. The van der Waals surface area contributed by atoms with Crippen LogP contribution in [-0.4, -0.2) is 20.1 Å². The van der Waals surface area contributed by atoms with Gasteiger partial charge in [0.15, 0.2) is 9.84 Å². The molecule has 2 aromatic rings. The van der Waals surface area contributed by atoms with E-state index in [1.807, 2.05) is 12.1 Å². The Morgan fingerprint density at radius 1 is 1.00 bits per heavy atom. The molecule has 0 radical (unpaired) electrons. The van der Waals surface area contributed by atoms with Crippen LogP contribution in [0.3, 0.4) is 0 Å². The van der Waals surface area contributed by atoms with Gasteiger partial charge in [-0.1, -0.05) is 18.2 Å². The van der Waals surface area contributed by atoms with E-state index in [-0.39, 0.29) is 4.90 Å². The largest absolute Gasteiger partial charge is 0.325 e. The minimum atomic E-state index is -3.60. The minimum absolute atomic E-state index is 0.151. The molecule has 0 unspecified atom stereocenters. The number of hydrogen-bond acceptors (Lipinski definition) is 3. The first-order valence-electron chi connectivity index (χ1n) is 5.80. The van der Waals surface area contributed by atoms with Gasteiger partial charge in [0.25, 0.3) is 0 Å². The Bertz CT molecular complexity index is 697. The normalized spacial score (nSPS) is 11.1. The Labute approximate surface area is 131 Å². The average Bonchev–Trinajstić information content (AvgIpc) is 2.42. The lowest BCUT2D eigenvalue weighted by molar-refractivity contribution is -0.113. The first-order valence-corrected chi connectivity index (χ1v) is 8.54. The molecule has 20 heavy (non-hydrogen) atoms. The number of anilines is 1. The van der Waals surface area contributed by atoms with Crippen LogP contribution in [0.1, 0.15) is 0 Å². The molecule has 104 valence electrons. The van der Waals surface area contributed by atoms with Crippen molar-refractivity contribution in [3.63, 3.8) is 0 Å². The summed E-state index contributed by atoms with van der Waals surface area (Å²) in [6.07, 6.45) is 0. The van der Waals surface area contributed by atoms with Gasteiger partial charge in [-0.25, -0.2) is 8.42 Å². The first-order chi connectivity index (χ1) is 9.47. The maximum absolute atomic E-state index is 12.0. The SMILES string of the molecule is O=C(CS(=O)(=O)c1ccccc1)Nc1ccc(I)cc1. The van der Waals surface area contributed by atoms with Crippen LogP contribution in [0.25, 0.3) is 0 Å². The molecule has 0 spiro atoms. The fourth-order valence-electron chi connectivity index (χ4n) is 1.61. The number of hydrogen-bond donors (Lipinski definition) is 1. The number of rotatable bonds is 4. The highest BCUT2D eigenvalue weighted by Crippen LogP contribution is 2.13. The summed E-state index contributed by atoms with van der Waals surface area (Å²) >= 11 is 2.15. The number of benzene rings is 2. The molecule has 2 aromatic carbocycles. The quantitative estimate of drug-likeness (QED) is 0.802. The van der Waals surface area contributed by atoms with E-state index in [0.29, 0.717) is 5.69 Å². The lowest BCUT2D eigenvalue weighted by Crippen LogP contribution is -2.22. The molecule has 0 aliphatic heterocycles. The zero-order valence-electron chi connectivity index (χ0n) is 10.4. The van der Waals surface area contributed by atoms with Gasteiger partial charge in [0.1, 0.15) is 5.75 Å². The number of halogens is 1. The Morgan fingerprint density at radius 3 is 2.20 bits per heavy atom. The van der Waals surface area contributed by atoms with Crippen LogP contribution in [0.4, 0.5) is 5.69 Å². The van der Waals surface area contributed by atoms with E-state index >= 15 is 0 Å². The number of sulfone groups is 1. The van der Waals surface area contributed by atoms with Gasteiger partial charge >= 0.3 is 0 Å². The molecule has 2 rings (SSSR count). The van der Waals surface area contributed by atoms with Crippen molar-refractivity contribution < 1.29 is 13.2 Å². The fourth-order valence-corrected chi connectivity index (χ4v) is 3.13. The number of amides is 1. The highest BCUT2D eigenvalue weighted by molar-refractivity contribution is 14.1. The molecule has 6 heteroatoms. The van der Waals surface area contributed by atoms with Gasteiger partial charge in [0.2, 0.25) is 5.91 Å². The second-order valence-electron chi connectivity index (χ2n) is 4.13. The van der Waals surface area contributed by atoms with Crippen LogP contribution in [0, 0.1) is 3.57 Å². The molecule has 1 N–H and O–H groups in total. The standard InChI is InChI=1S/C14H12INO3S/c15-11-6-8-12(9-7-11)16-14(17)10-20(18,19)13-4-2-1-3-5-13/h1-9H,10H2,(H,16,17). The molecule has 0 aliphatic carbocycles. The van der Waals surface area contributed by atoms with E-state index < -0.39 is 21.5 Å². The lowest BCUT2D eigenvalue weighted by atomic mass is 10.3. The summed E-state index contributed by atoms with van der Waals surface area (Å²) in [7, 11) is -3.60. The summed E-state index contributed by atoms with van der Waals surface area (Å²) in [5.74, 6) is -1.11. The van der Waals surface area contributed by atoms with Crippen molar-refractivity contribution in [1.82, 2.24) is 0 Å². The van der Waals surface area contributed by atoms with Gasteiger partial charge in [0, 0.05) is 9.26 Å². The van der Waals surface area contributed by atoms with Crippen molar-refractivity contribution in [1.29, 1.82) is 0 Å².